The Morgan fingerprint density at radius 1 is 1.11 bits per heavy atom. The van der Waals surface area contributed by atoms with Gasteiger partial charge < -0.3 is 5.32 Å². The number of anilines is 1. The first-order valence-corrected chi connectivity index (χ1v) is 7.07. The zero-order chi connectivity index (χ0) is 13.2. The summed E-state index contributed by atoms with van der Waals surface area (Å²) < 4.78 is 3.19. The van der Waals surface area contributed by atoms with Crippen molar-refractivity contribution in [1.29, 1.82) is 0 Å². The second-order valence-electron chi connectivity index (χ2n) is 4.24. The zero-order valence-corrected chi connectivity index (χ0v) is 12.2. The summed E-state index contributed by atoms with van der Waals surface area (Å²) in [6.07, 6.45) is 0. The summed E-state index contributed by atoms with van der Waals surface area (Å²) >= 11 is 3.62. The molecule has 19 heavy (non-hydrogen) atoms. The number of nitrogens with zero attached hydrogens (tertiary/aromatic N) is 2. The van der Waals surface area contributed by atoms with E-state index in [2.05, 4.69) is 49.9 Å². The standard InChI is InChI=1S/C15H14BrN3/c1-2-17-15-18-13-10-6-9-12(16)14(13)19(15)11-7-4-3-5-8-11/h3-10H,2H2,1H3,(H,17,18). The van der Waals surface area contributed by atoms with E-state index in [-0.39, 0.29) is 0 Å². The Morgan fingerprint density at radius 3 is 2.63 bits per heavy atom. The summed E-state index contributed by atoms with van der Waals surface area (Å²) in [6.45, 7) is 2.91. The molecule has 1 aromatic heterocycles. The van der Waals surface area contributed by atoms with Crippen molar-refractivity contribution in [3.63, 3.8) is 0 Å². The number of nitrogens with one attached hydrogen (secondary N) is 1. The molecule has 0 fully saturated rings. The molecule has 3 rings (SSSR count). The number of aromatic nitrogens is 2. The molecule has 3 nitrogen and oxygen atoms in total. The maximum atomic E-state index is 4.66. The second-order valence-corrected chi connectivity index (χ2v) is 5.10. The number of hydrogen-bond acceptors (Lipinski definition) is 2. The van der Waals surface area contributed by atoms with Gasteiger partial charge in [0.15, 0.2) is 0 Å². The quantitative estimate of drug-likeness (QED) is 0.784. The van der Waals surface area contributed by atoms with Crippen molar-refractivity contribution in [3.8, 4) is 5.69 Å². The van der Waals surface area contributed by atoms with Crippen LogP contribution >= 0.6 is 15.9 Å². The second kappa shape index (κ2) is 5.05. The van der Waals surface area contributed by atoms with Crippen LogP contribution in [0.1, 0.15) is 6.92 Å². The summed E-state index contributed by atoms with van der Waals surface area (Å²) in [6, 6.07) is 16.3. The minimum Gasteiger partial charge on any atom is -0.356 e. The predicted molar refractivity (Wildman–Crippen MR) is 82.9 cm³/mol. The Bertz CT molecular complexity index is 704. The topological polar surface area (TPSA) is 29.9 Å². The number of imidazole rings is 1. The fourth-order valence-corrected chi connectivity index (χ4v) is 2.72. The van der Waals surface area contributed by atoms with E-state index >= 15 is 0 Å². The van der Waals surface area contributed by atoms with Crippen molar-refractivity contribution in [2.24, 2.45) is 0 Å². The van der Waals surface area contributed by atoms with Crippen LogP contribution < -0.4 is 5.32 Å². The zero-order valence-electron chi connectivity index (χ0n) is 10.6. The lowest BCUT2D eigenvalue weighted by Gasteiger charge is -2.10. The molecule has 0 atom stereocenters. The van der Waals surface area contributed by atoms with Crippen LogP contribution in [0.3, 0.4) is 0 Å². The van der Waals surface area contributed by atoms with Crippen LogP contribution in [0.15, 0.2) is 53.0 Å². The Labute approximate surface area is 120 Å². The summed E-state index contributed by atoms with van der Waals surface area (Å²) in [5.41, 5.74) is 3.17. The van der Waals surface area contributed by atoms with Crippen LogP contribution in [0, 0.1) is 0 Å². The van der Waals surface area contributed by atoms with Gasteiger partial charge >= 0.3 is 0 Å². The van der Waals surface area contributed by atoms with E-state index in [0.717, 1.165) is 33.7 Å². The van der Waals surface area contributed by atoms with E-state index in [1.165, 1.54) is 0 Å². The number of rotatable bonds is 3. The van der Waals surface area contributed by atoms with Gasteiger partial charge in [-0.1, -0.05) is 24.3 Å². The molecule has 96 valence electrons. The molecule has 0 aliphatic carbocycles. The molecule has 0 aliphatic rings. The first-order chi connectivity index (χ1) is 9.31. The van der Waals surface area contributed by atoms with Crippen LogP contribution in [0.25, 0.3) is 16.7 Å². The summed E-state index contributed by atoms with van der Waals surface area (Å²) in [7, 11) is 0. The predicted octanol–water partition coefficient (Wildman–Crippen LogP) is 4.22. The first kappa shape index (κ1) is 12.2. The molecule has 2 aromatic carbocycles. The number of fused-ring (bicyclic) bond motifs is 1. The van der Waals surface area contributed by atoms with Gasteiger partial charge in [0, 0.05) is 16.7 Å². The minimum absolute atomic E-state index is 0.841. The Kier molecular flexibility index (Phi) is 3.25. The lowest BCUT2D eigenvalue weighted by molar-refractivity contribution is 1.04. The van der Waals surface area contributed by atoms with E-state index < -0.39 is 0 Å². The molecule has 0 unspecified atom stereocenters. The SMILES string of the molecule is CCNc1nc2cccc(Br)c2n1-c1ccccc1. The van der Waals surface area contributed by atoms with E-state index in [4.69, 9.17) is 0 Å². The molecular weight excluding hydrogens is 302 g/mol. The van der Waals surface area contributed by atoms with Gasteiger partial charge in [-0.05, 0) is 47.1 Å². The molecule has 1 heterocycles. The maximum absolute atomic E-state index is 4.66. The van der Waals surface area contributed by atoms with Crippen LogP contribution in [0.2, 0.25) is 0 Å². The molecule has 4 heteroatoms. The monoisotopic (exact) mass is 315 g/mol. The van der Waals surface area contributed by atoms with Crippen LogP contribution in [-0.4, -0.2) is 16.1 Å². The van der Waals surface area contributed by atoms with Gasteiger partial charge in [-0.3, -0.25) is 4.57 Å². The minimum atomic E-state index is 0.841. The number of hydrogen-bond donors (Lipinski definition) is 1. The highest BCUT2D eigenvalue weighted by molar-refractivity contribution is 9.10. The van der Waals surface area contributed by atoms with Gasteiger partial charge in [0.2, 0.25) is 5.95 Å². The van der Waals surface area contributed by atoms with Gasteiger partial charge in [0.1, 0.15) is 0 Å². The van der Waals surface area contributed by atoms with Crippen molar-refractivity contribution >= 4 is 32.9 Å². The Balaban J connectivity index is 2.33. The third-order valence-electron chi connectivity index (χ3n) is 2.98. The smallest absolute Gasteiger partial charge is 0.208 e. The highest BCUT2D eigenvalue weighted by atomic mass is 79.9. The van der Waals surface area contributed by atoms with E-state index in [1.807, 2.05) is 36.4 Å². The molecule has 1 N–H and O–H groups in total. The third-order valence-corrected chi connectivity index (χ3v) is 3.62. The lowest BCUT2D eigenvalue weighted by Crippen LogP contribution is -2.05. The molecule has 3 aromatic rings. The van der Waals surface area contributed by atoms with E-state index in [1.54, 1.807) is 0 Å². The van der Waals surface area contributed by atoms with Gasteiger partial charge in [-0.15, -0.1) is 0 Å². The van der Waals surface area contributed by atoms with Crippen molar-refractivity contribution < 1.29 is 0 Å². The van der Waals surface area contributed by atoms with Gasteiger partial charge in [-0.2, -0.15) is 0 Å². The normalized spacial score (nSPS) is 10.8. The molecule has 0 amide bonds. The van der Waals surface area contributed by atoms with E-state index in [0.29, 0.717) is 0 Å². The number of halogens is 1. The fourth-order valence-electron chi connectivity index (χ4n) is 2.19. The third kappa shape index (κ3) is 2.12. The summed E-state index contributed by atoms with van der Waals surface area (Å²) in [5.74, 6) is 0.871. The maximum Gasteiger partial charge on any atom is 0.208 e. The Hall–Kier alpha value is -1.81. The van der Waals surface area contributed by atoms with Crippen molar-refractivity contribution in [1.82, 2.24) is 9.55 Å². The van der Waals surface area contributed by atoms with Gasteiger partial charge in [0.05, 0.1) is 11.0 Å². The Morgan fingerprint density at radius 2 is 1.89 bits per heavy atom. The average molecular weight is 316 g/mol. The molecule has 0 saturated heterocycles. The first-order valence-electron chi connectivity index (χ1n) is 6.27. The molecule has 0 bridgehead atoms. The fraction of sp³-hybridized carbons (Fsp3) is 0.133. The van der Waals surface area contributed by atoms with Crippen LogP contribution in [0.4, 0.5) is 5.95 Å². The van der Waals surface area contributed by atoms with Crippen LogP contribution in [0.5, 0.6) is 0 Å². The highest BCUT2D eigenvalue weighted by Gasteiger charge is 2.13. The van der Waals surface area contributed by atoms with Crippen molar-refractivity contribution in [2.75, 3.05) is 11.9 Å². The molecule has 0 spiro atoms. The van der Waals surface area contributed by atoms with Crippen molar-refractivity contribution in [3.05, 3.63) is 53.0 Å². The largest absolute Gasteiger partial charge is 0.356 e. The molecule has 0 aliphatic heterocycles. The number of para-hydroxylation sites is 2. The average Bonchev–Trinajstić information content (AvgIpc) is 2.80. The number of benzene rings is 2. The van der Waals surface area contributed by atoms with Crippen molar-refractivity contribution in [2.45, 2.75) is 6.92 Å². The van der Waals surface area contributed by atoms with Crippen LogP contribution in [-0.2, 0) is 0 Å². The lowest BCUT2D eigenvalue weighted by atomic mass is 10.3. The summed E-state index contributed by atoms with van der Waals surface area (Å²) in [5, 5.41) is 3.32. The van der Waals surface area contributed by atoms with Gasteiger partial charge in [0.25, 0.3) is 0 Å². The van der Waals surface area contributed by atoms with Gasteiger partial charge in [-0.25, -0.2) is 4.98 Å². The molecular formula is C15H14BrN3. The summed E-state index contributed by atoms with van der Waals surface area (Å²) in [4.78, 5) is 4.66. The highest BCUT2D eigenvalue weighted by Crippen LogP contribution is 2.30. The molecule has 0 saturated carbocycles. The molecule has 0 radical (unpaired) electrons. The van der Waals surface area contributed by atoms with E-state index in [9.17, 15) is 0 Å².